The van der Waals surface area contributed by atoms with Gasteiger partial charge in [0.25, 0.3) is 0 Å². The molecule has 0 atom stereocenters. The van der Waals surface area contributed by atoms with Crippen LogP contribution in [0.2, 0.25) is 0 Å². The molecule has 0 fully saturated rings. The molecule has 0 aliphatic heterocycles. The van der Waals surface area contributed by atoms with Crippen LogP contribution in [0.25, 0.3) is 0 Å². The smallest absolute Gasteiger partial charge is 0.0434 e. The van der Waals surface area contributed by atoms with E-state index in [2.05, 4.69) is 0 Å². The van der Waals surface area contributed by atoms with E-state index in [0.29, 0.717) is 11.3 Å². The summed E-state index contributed by atoms with van der Waals surface area (Å²) >= 11 is 0. The zero-order valence-corrected chi connectivity index (χ0v) is 12.6. The van der Waals surface area contributed by atoms with E-state index in [-0.39, 0.29) is 11.1 Å². The zero-order valence-electron chi connectivity index (χ0n) is 18.6. The van der Waals surface area contributed by atoms with Crippen LogP contribution in [-0.4, -0.2) is 11.1 Å². The fourth-order valence-corrected chi connectivity index (χ4v) is 2.70. The quantitative estimate of drug-likeness (QED) is 0.679. The number of anilines is 1. The third kappa shape index (κ3) is 3.07. The number of nitrogens with zero attached hydrogens (tertiary/aromatic N) is 1. The Kier molecular flexibility index (Phi) is 2.11. The maximum atomic E-state index is 7.94. The predicted molar refractivity (Wildman–Crippen MR) is 82.6 cm³/mol. The fraction of sp³-hybridized carbons (Fsp3) is 0.647. The second-order valence-electron chi connectivity index (χ2n) is 6.89. The van der Waals surface area contributed by atoms with Gasteiger partial charge in [0.15, 0.2) is 0 Å². The number of hydrogen-bond donors (Lipinski definition) is 0. The molecule has 0 amide bonds. The summed E-state index contributed by atoms with van der Waals surface area (Å²) in [6, 6.07) is 3.17. The van der Waals surface area contributed by atoms with Crippen LogP contribution in [0.5, 0.6) is 0 Å². The molecule has 1 rings (SSSR count). The van der Waals surface area contributed by atoms with E-state index in [9.17, 15) is 0 Å². The molecule has 0 aromatic heterocycles. The number of benzene rings is 1. The normalized spacial score (nSPS) is 19.1. The van der Waals surface area contributed by atoms with Crippen LogP contribution in [0.3, 0.4) is 0 Å². The van der Waals surface area contributed by atoms with Gasteiger partial charge in [-0.2, -0.15) is 0 Å². The molecule has 0 aliphatic rings. The SMILES string of the molecule is [2H]C([2H])([2H])c1cc(C)cc(C([2H])([2H])[2H])c1N(C(C)(C)C)C(C)(C)C. The van der Waals surface area contributed by atoms with E-state index in [4.69, 9.17) is 8.22 Å². The van der Waals surface area contributed by atoms with Gasteiger partial charge in [0, 0.05) is 25.0 Å². The van der Waals surface area contributed by atoms with Crippen molar-refractivity contribution in [1.29, 1.82) is 0 Å². The Morgan fingerprint density at radius 1 is 0.889 bits per heavy atom. The molecule has 0 saturated carbocycles. The van der Waals surface area contributed by atoms with Gasteiger partial charge in [0.1, 0.15) is 0 Å². The molecule has 0 N–H and O–H groups in total. The summed E-state index contributed by atoms with van der Waals surface area (Å²) in [6.07, 6.45) is 0. The minimum absolute atomic E-state index is 0.0958. The largest absolute Gasteiger partial charge is 0.361 e. The van der Waals surface area contributed by atoms with Crippen LogP contribution in [0.15, 0.2) is 12.1 Å². The molecule has 1 aromatic carbocycles. The summed E-state index contributed by atoms with van der Waals surface area (Å²) in [5.41, 5.74) is 0.234. The molecule has 0 saturated heterocycles. The predicted octanol–water partition coefficient (Wildman–Crippen LogP) is 5.02. The summed E-state index contributed by atoms with van der Waals surface area (Å²) in [7, 11) is 0. The summed E-state index contributed by atoms with van der Waals surface area (Å²) in [5.74, 6) is 0. The van der Waals surface area contributed by atoms with E-state index in [1.807, 2.05) is 46.4 Å². The summed E-state index contributed by atoms with van der Waals surface area (Å²) in [4.78, 5) is 1.92. The van der Waals surface area contributed by atoms with Crippen LogP contribution < -0.4 is 4.90 Å². The first-order valence-electron chi connectivity index (χ1n) is 9.33. The van der Waals surface area contributed by atoms with Crippen molar-refractivity contribution >= 4 is 5.69 Å². The molecular weight excluding hydrogens is 218 g/mol. The van der Waals surface area contributed by atoms with Gasteiger partial charge in [-0.3, -0.25) is 0 Å². The van der Waals surface area contributed by atoms with Crippen LogP contribution in [0.1, 0.15) is 66.5 Å². The van der Waals surface area contributed by atoms with Crippen LogP contribution >= 0.6 is 0 Å². The van der Waals surface area contributed by atoms with E-state index >= 15 is 0 Å². The minimum Gasteiger partial charge on any atom is -0.361 e. The van der Waals surface area contributed by atoms with Crippen molar-refractivity contribution in [2.45, 2.75) is 73.2 Å². The fourth-order valence-electron chi connectivity index (χ4n) is 2.70. The Morgan fingerprint density at radius 3 is 1.56 bits per heavy atom. The van der Waals surface area contributed by atoms with Gasteiger partial charge >= 0.3 is 0 Å². The second-order valence-corrected chi connectivity index (χ2v) is 6.89. The lowest BCUT2D eigenvalue weighted by Gasteiger charge is -2.48. The highest BCUT2D eigenvalue weighted by Crippen LogP contribution is 2.37. The lowest BCUT2D eigenvalue weighted by atomic mass is 9.91. The van der Waals surface area contributed by atoms with Crippen molar-refractivity contribution in [3.05, 3.63) is 28.8 Å². The number of hydrogen-bond acceptors (Lipinski definition) is 1. The molecule has 0 unspecified atom stereocenters. The first-order chi connectivity index (χ1) is 10.4. The maximum absolute atomic E-state index is 7.94. The van der Waals surface area contributed by atoms with Gasteiger partial charge in [0.05, 0.1) is 0 Å². The van der Waals surface area contributed by atoms with Crippen molar-refractivity contribution in [2.75, 3.05) is 4.90 Å². The molecule has 0 heterocycles. The number of aryl methyl sites for hydroxylation is 3. The van der Waals surface area contributed by atoms with E-state index < -0.39 is 24.8 Å². The molecule has 0 aliphatic carbocycles. The molecule has 1 aromatic rings. The lowest BCUT2D eigenvalue weighted by Crippen LogP contribution is -2.53. The highest BCUT2D eigenvalue weighted by Gasteiger charge is 2.33. The van der Waals surface area contributed by atoms with Crippen molar-refractivity contribution in [1.82, 2.24) is 0 Å². The average Bonchev–Trinajstić information content (AvgIpc) is 2.24. The van der Waals surface area contributed by atoms with Crippen molar-refractivity contribution in [3.8, 4) is 0 Å². The Balaban J connectivity index is 4.02. The van der Waals surface area contributed by atoms with Crippen LogP contribution in [-0.2, 0) is 0 Å². The van der Waals surface area contributed by atoms with E-state index in [1.165, 1.54) is 0 Å². The van der Waals surface area contributed by atoms with Gasteiger partial charge < -0.3 is 4.90 Å². The summed E-state index contributed by atoms with van der Waals surface area (Å²) in [6.45, 7) is 8.72. The molecule has 0 radical (unpaired) electrons. The summed E-state index contributed by atoms with van der Waals surface area (Å²) < 4.78 is 47.6. The Hall–Kier alpha value is -0.980. The Labute approximate surface area is 122 Å². The van der Waals surface area contributed by atoms with Gasteiger partial charge in [0.2, 0.25) is 0 Å². The molecule has 18 heavy (non-hydrogen) atoms. The van der Waals surface area contributed by atoms with Gasteiger partial charge in [-0.25, -0.2) is 0 Å². The first kappa shape index (κ1) is 8.24. The molecule has 102 valence electrons. The zero-order chi connectivity index (χ0) is 19.3. The third-order valence-corrected chi connectivity index (χ3v) is 2.82. The monoisotopic (exact) mass is 253 g/mol. The van der Waals surface area contributed by atoms with E-state index in [1.54, 1.807) is 19.1 Å². The van der Waals surface area contributed by atoms with Crippen molar-refractivity contribution in [2.24, 2.45) is 0 Å². The van der Waals surface area contributed by atoms with Gasteiger partial charge in [-0.05, 0) is 73.3 Å². The first-order valence-corrected chi connectivity index (χ1v) is 6.33. The standard InChI is InChI=1S/C17H29N/c1-12-10-13(2)15(14(3)11-12)18(16(4,5)6)17(7,8)9/h10-11H,1-9H3/i2D3,3D3. The van der Waals surface area contributed by atoms with E-state index in [0.717, 1.165) is 0 Å². The minimum atomic E-state index is -2.39. The van der Waals surface area contributed by atoms with Crippen molar-refractivity contribution in [3.63, 3.8) is 0 Å². The molecule has 1 nitrogen and oxygen atoms in total. The highest BCUT2D eigenvalue weighted by atomic mass is 15.2. The lowest BCUT2D eigenvalue weighted by molar-refractivity contribution is 0.379. The van der Waals surface area contributed by atoms with Crippen LogP contribution in [0, 0.1) is 20.6 Å². The van der Waals surface area contributed by atoms with Gasteiger partial charge in [-0.1, -0.05) is 17.7 Å². The molecule has 0 bridgehead atoms. The summed E-state index contributed by atoms with van der Waals surface area (Å²) in [5, 5.41) is 0. The Morgan fingerprint density at radius 2 is 1.28 bits per heavy atom. The van der Waals surface area contributed by atoms with Gasteiger partial charge in [-0.15, -0.1) is 0 Å². The molecule has 1 heteroatoms. The second kappa shape index (κ2) is 4.60. The third-order valence-electron chi connectivity index (χ3n) is 2.82. The average molecular weight is 253 g/mol. The highest BCUT2D eigenvalue weighted by molar-refractivity contribution is 5.63. The van der Waals surface area contributed by atoms with Crippen molar-refractivity contribution < 1.29 is 8.22 Å². The molecule has 0 spiro atoms. The molecular formula is C17H29N. The Bertz CT molecular complexity index is 550. The van der Waals surface area contributed by atoms with Crippen LogP contribution in [0.4, 0.5) is 5.69 Å². The number of rotatable bonds is 1. The topological polar surface area (TPSA) is 3.24 Å². The maximum Gasteiger partial charge on any atom is 0.0434 e.